The quantitative estimate of drug-likeness (QED) is 0.760. The summed E-state index contributed by atoms with van der Waals surface area (Å²) >= 11 is 0. The molecule has 0 aliphatic carbocycles. The Morgan fingerprint density at radius 3 is 2.59 bits per heavy atom. The van der Waals surface area contributed by atoms with E-state index in [1.165, 1.54) is 16.3 Å². The van der Waals surface area contributed by atoms with Gasteiger partial charge >= 0.3 is 6.03 Å². The molecule has 2 amide bonds. The molecule has 0 saturated carbocycles. The summed E-state index contributed by atoms with van der Waals surface area (Å²) in [5.41, 5.74) is 2.41. The number of halogens is 1. The lowest BCUT2D eigenvalue weighted by molar-refractivity contribution is 0.131. The molecular weight excluding hydrogens is 343 g/mol. The Bertz CT molecular complexity index is 948. The van der Waals surface area contributed by atoms with Crippen LogP contribution in [-0.2, 0) is 6.42 Å². The number of nitrogens with zero attached hydrogens (tertiary/aromatic N) is 3. The van der Waals surface area contributed by atoms with Crippen LogP contribution in [0.3, 0.4) is 0 Å². The van der Waals surface area contributed by atoms with Gasteiger partial charge in [-0.1, -0.05) is 42.5 Å². The molecule has 1 aliphatic heterocycles. The summed E-state index contributed by atoms with van der Waals surface area (Å²) in [5.74, 6) is 0.552. The highest BCUT2D eigenvalue weighted by molar-refractivity contribution is 5.89. The van der Waals surface area contributed by atoms with Crippen molar-refractivity contribution in [2.45, 2.75) is 13.3 Å². The molecule has 5 nitrogen and oxygen atoms in total. The highest BCUT2D eigenvalue weighted by atomic mass is 19.1. The van der Waals surface area contributed by atoms with E-state index in [2.05, 4.69) is 22.5 Å². The molecular formula is C21H21FN4O. The van der Waals surface area contributed by atoms with Gasteiger partial charge in [-0.25, -0.2) is 13.9 Å². The van der Waals surface area contributed by atoms with Crippen LogP contribution in [0.1, 0.15) is 11.3 Å². The summed E-state index contributed by atoms with van der Waals surface area (Å²) in [7, 11) is 0. The van der Waals surface area contributed by atoms with E-state index < -0.39 is 0 Å². The smallest absolute Gasteiger partial charge is 0.323 e. The highest BCUT2D eigenvalue weighted by Crippen LogP contribution is 2.22. The fourth-order valence-electron chi connectivity index (χ4n) is 3.40. The molecule has 3 aromatic rings. The van der Waals surface area contributed by atoms with Gasteiger partial charge in [0.15, 0.2) is 5.82 Å². The van der Waals surface area contributed by atoms with E-state index in [9.17, 15) is 9.18 Å². The number of aromatic nitrogens is 2. The molecule has 0 bridgehead atoms. The summed E-state index contributed by atoms with van der Waals surface area (Å²) < 4.78 is 15.5. The van der Waals surface area contributed by atoms with Gasteiger partial charge in [0.1, 0.15) is 11.5 Å². The van der Waals surface area contributed by atoms with Crippen molar-refractivity contribution in [3.05, 3.63) is 77.7 Å². The van der Waals surface area contributed by atoms with Crippen LogP contribution >= 0.6 is 0 Å². The van der Waals surface area contributed by atoms with E-state index in [-0.39, 0.29) is 11.8 Å². The van der Waals surface area contributed by atoms with Crippen LogP contribution in [0.15, 0.2) is 60.7 Å². The molecule has 1 fully saturated rings. The standard InChI is InChI=1S/C21H21FN4O/c1-15-11-20(24-26(15)19-10-6-5-9-18(19)22)23-21(27)25-13-17(14-25)12-16-7-3-2-4-8-16/h2-11,17H,12-14H2,1H3,(H,23,24,27). The summed E-state index contributed by atoms with van der Waals surface area (Å²) in [4.78, 5) is 14.2. The van der Waals surface area contributed by atoms with Crippen LogP contribution in [0.5, 0.6) is 0 Å². The van der Waals surface area contributed by atoms with Gasteiger partial charge < -0.3 is 4.90 Å². The monoisotopic (exact) mass is 364 g/mol. The fraction of sp³-hybridized carbons (Fsp3) is 0.238. The molecule has 1 N–H and O–H groups in total. The molecule has 0 spiro atoms. The minimum Gasteiger partial charge on any atom is -0.324 e. The number of carbonyl (C=O) groups is 1. The van der Waals surface area contributed by atoms with E-state index in [0.29, 0.717) is 17.4 Å². The summed E-state index contributed by atoms with van der Waals surface area (Å²) in [6, 6.07) is 18.3. The third-order valence-corrected chi connectivity index (χ3v) is 4.81. The first-order chi connectivity index (χ1) is 13.1. The van der Waals surface area contributed by atoms with Crippen molar-refractivity contribution in [3.63, 3.8) is 0 Å². The lowest BCUT2D eigenvalue weighted by atomic mass is 9.92. The van der Waals surface area contributed by atoms with Gasteiger partial charge in [-0.15, -0.1) is 5.10 Å². The predicted molar refractivity (Wildman–Crippen MR) is 102 cm³/mol. The topological polar surface area (TPSA) is 50.2 Å². The molecule has 27 heavy (non-hydrogen) atoms. The summed E-state index contributed by atoms with van der Waals surface area (Å²) in [5, 5.41) is 7.14. The van der Waals surface area contributed by atoms with E-state index in [4.69, 9.17) is 0 Å². The first-order valence-corrected chi connectivity index (χ1v) is 9.01. The minimum atomic E-state index is -0.354. The molecule has 1 aromatic heterocycles. The maximum absolute atomic E-state index is 14.0. The van der Waals surface area contributed by atoms with Crippen LogP contribution < -0.4 is 5.32 Å². The number of likely N-dealkylation sites (tertiary alicyclic amines) is 1. The van der Waals surface area contributed by atoms with Crippen LogP contribution in [0, 0.1) is 18.7 Å². The number of hydrogen-bond acceptors (Lipinski definition) is 2. The van der Waals surface area contributed by atoms with E-state index >= 15 is 0 Å². The van der Waals surface area contributed by atoms with Crippen molar-refractivity contribution in [2.75, 3.05) is 18.4 Å². The third-order valence-electron chi connectivity index (χ3n) is 4.81. The molecule has 1 aliphatic rings. The largest absolute Gasteiger partial charge is 0.324 e. The van der Waals surface area contributed by atoms with Crippen LogP contribution in [-0.4, -0.2) is 33.8 Å². The average molecular weight is 364 g/mol. The molecule has 4 rings (SSSR count). The second-order valence-electron chi connectivity index (χ2n) is 6.93. The van der Waals surface area contributed by atoms with Crippen LogP contribution in [0.25, 0.3) is 5.69 Å². The second kappa shape index (κ2) is 7.23. The highest BCUT2D eigenvalue weighted by Gasteiger charge is 2.31. The van der Waals surface area contributed by atoms with Crippen LogP contribution in [0.2, 0.25) is 0 Å². The maximum atomic E-state index is 14.0. The van der Waals surface area contributed by atoms with E-state index in [0.717, 1.165) is 25.2 Å². The molecule has 2 heterocycles. The predicted octanol–water partition coefficient (Wildman–Crippen LogP) is 4.03. The van der Waals surface area contributed by atoms with Gasteiger partial charge in [0, 0.05) is 24.8 Å². The lowest BCUT2D eigenvalue weighted by Crippen LogP contribution is -2.52. The van der Waals surface area contributed by atoms with Gasteiger partial charge in [-0.05, 0) is 37.0 Å². The number of benzene rings is 2. The molecule has 1 saturated heterocycles. The lowest BCUT2D eigenvalue weighted by Gasteiger charge is -2.39. The Labute approximate surface area is 157 Å². The normalized spacial score (nSPS) is 14.1. The van der Waals surface area contributed by atoms with Gasteiger partial charge in [0.25, 0.3) is 0 Å². The summed E-state index contributed by atoms with van der Waals surface area (Å²) in [6.07, 6.45) is 0.978. The number of nitrogens with one attached hydrogen (secondary N) is 1. The number of aryl methyl sites for hydroxylation is 1. The van der Waals surface area contributed by atoms with Crippen molar-refractivity contribution in [1.82, 2.24) is 14.7 Å². The number of hydrogen-bond donors (Lipinski definition) is 1. The number of carbonyl (C=O) groups excluding carboxylic acids is 1. The fourth-order valence-corrected chi connectivity index (χ4v) is 3.40. The van der Waals surface area contributed by atoms with Crippen molar-refractivity contribution in [3.8, 4) is 5.69 Å². The Morgan fingerprint density at radius 2 is 1.85 bits per heavy atom. The average Bonchev–Trinajstić information content (AvgIpc) is 2.99. The first-order valence-electron chi connectivity index (χ1n) is 9.01. The van der Waals surface area contributed by atoms with E-state index in [1.807, 2.05) is 25.1 Å². The zero-order chi connectivity index (χ0) is 18.8. The Morgan fingerprint density at radius 1 is 1.15 bits per heavy atom. The third kappa shape index (κ3) is 3.69. The number of para-hydroxylation sites is 1. The van der Waals surface area contributed by atoms with Crippen molar-refractivity contribution in [1.29, 1.82) is 0 Å². The van der Waals surface area contributed by atoms with Gasteiger partial charge in [0.2, 0.25) is 0 Å². The van der Waals surface area contributed by atoms with Gasteiger partial charge in [0.05, 0.1) is 0 Å². The number of amides is 2. The molecule has 138 valence electrons. The SMILES string of the molecule is Cc1cc(NC(=O)N2CC(Cc3ccccc3)C2)nn1-c1ccccc1F. The number of rotatable bonds is 4. The van der Waals surface area contributed by atoms with Gasteiger partial charge in [-0.2, -0.15) is 0 Å². The van der Waals surface area contributed by atoms with Crippen LogP contribution in [0.4, 0.5) is 15.0 Å². The molecule has 6 heteroatoms. The van der Waals surface area contributed by atoms with Crippen molar-refractivity contribution in [2.24, 2.45) is 5.92 Å². The van der Waals surface area contributed by atoms with Gasteiger partial charge in [-0.3, -0.25) is 5.32 Å². The van der Waals surface area contributed by atoms with E-state index in [1.54, 1.807) is 29.2 Å². The molecule has 2 aromatic carbocycles. The Hall–Kier alpha value is -3.15. The minimum absolute atomic E-state index is 0.169. The Kier molecular flexibility index (Phi) is 4.62. The maximum Gasteiger partial charge on any atom is 0.323 e. The Balaban J connectivity index is 1.36. The second-order valence-corrected chi connectivity index (χ2v) is 6.93. The summed E-state index contributed by atoms with van der Waals surface area (Å²) in [6.45, 7) is 3.29. The number of anilines is 1. The zero-order valence-corrected chi connectivity index (χ0v) is 15.1. The van der Waals surface area contributed by atoms with Crippen molar-refractivity contribution >= 4 is 11.8 Å². The molecule has 0 unspecified atom stereocenters. The van der Waals surface area contributed by atoms with Crippen molar-refractivity contribution < 1.29 is 9.18 Å². The zero-order valence-electron chi connectivity index (χ0n) is 15.1. The molecule has 0 radical (unpaired) electrons. The number of urea groups is 1. The molecule has 0 atom stereocenters. The first kappa shape index (κ1) is 17.3.